The van der Waals surface area contributed by atoms with Gasteiger partial charge in [0.05, 0.1) is 18.7 Å². The molecule has 0 spiro atoms. The highest BCUT2D eigenvalue weighted by Crippen LogP contribution is 2.11. The van der Waals surface area contributed by atoms with E-state index in [2.05, 4.69) is 30.5 Å². The second-order valence-electron chi connectivity index (χ2n) is 5.30. The van der Waals surface area contributed by atoms with Crippen molar-refractivity contribution in [1.29, 1.82) is 0 Å². The number of benzene rings is 1. The summed E-state index contributed by atoms with van der Waals surface area (Å²) in [4.78, 5) is 14.2. The van der Waals surface area contributed by atoms with Gasteiger partial charge < -0.3 is 4.90 Å². The summed E-state index contributed by atoms with van der Waals surface area (Å²) in [5.41, 5.74) is 3.14. The number of hydrogen-bond acceptors (Lipinski definition) is 7. The minimum absolute atomic E-state index is 0.0232. The number of aryl methyl sites for hydroxylation is 1. The van der Waals surface area contributed by atoms with E-state index in [4.69, 9.17) is 0 Å². The molecular formula is C15H17N7O2. The van der Waals surface area contributed by atoms with Gasteiger partial charge in [-0.05, 0) is 42.0 Å². The van der Waals surface area contributed by atoms with Crippen molar-refractivity contribution in [2.75, 3.05) is 6.54 Å². The molecule has 0 aliphatic carbocycles. The van der Waals surface area contributed by atoms with Gasteiger partial charge in [0, 0.05) is 6.54 Å². The Kier molecular flexibility index (Phi) is 4.59. The number of tetrazole rings is 1. The summed E-state index contributed by atoms with van der Waals surface area (Å²) in [7, 11) is 0. The lowest BCUT2D eigenvalue weighted by Crippen LogP contribution is -2.32. The highest BCUT2D eigenvalue weighted by molar-refractivity contribution is 5.78. The van der Waals surface area contributed by atoms with Crippen molar-refractivity contribution in [2.24, 2.45) is 0 Å². The molecule has 2 aromatic heterocycles. The number of likely N-dealkylation sites (N-methyl/N-ethyl adjacent to an activating group) is 1. The van der Waals surface area contributed by atoms with E-state index in [0.29, 0.717) is 30.9 Å². The Morgan fingerprint density at radius 3 is 2.62 bits per heavy atom. The van der Waals surface area contributed by atoms with Gasteiger partial charge in [-0.2, -0.15) is 0 Å². The highest BCUT2D eigenvalue weighted by Gasteiger charge is 2.16. The maximum atomic E-state index is 12.5. The molecule has 0 saturated heterocycles. The Morgan fingerprint density at radius 1 is 1.25 bits per heavy atom. The van der Waals surface area contributed by atoms with Crippen LogP contribution >= 0.6 is 0 Å². The van der Waals surface area contributed by atoms with Crippen LogP contribution < -0.4 is 0 Å². The number of amides is 1. The Hall–Kier alpha value is -3.10. The molecule has 0 aliphatic heterocycles. The minimum Gasteiger partial charge on any atom is -0.337 e. The lowest BCUT2D eigenvalue weighted by molar-refractivity contribution is -0.130. The maximum Gasteiger partial charge on any atom is 0.227 e. The average molecular weight is 327 g/mol. The fourth-order valence-corrected chi connectivity index (χ4v) is 2.28. The molecule has 124 valence electrons. The third-order valence-corrected chi connectivity index (χ3v) is 3.73. The number of carbonyl (C=O) groups is 1. The monoisotopic (exact) mass is 327 g/mol. The molecule has 0 saturated carbocycles. The molecule has 1 aromatic carbocycles. The van der Waals surface area contributed by atoms with Crippen LogP contribution in [-0.4, -0.2) is 47.9 Å². The zero-order valence-corrected chi connectivity index (χ0v) is 13.5. The van der Waals surface area contributed by atoms with Crippen molar-refractivity contribution in [2.45, 2.75) is 26.8 Å². The first-order chi connectivity index (χ1) is 11.7. The van der Waals surface area contributed by atoms with Crippen LogP contribution in [0.3, 0.4) is 0 Å². The van der Waals surface area contributed by atoms with Crippen molar-refractivity contribution in [1.82, 2.24) is 35.4 Å². The molecule has 0 fully saturated rings. The molecule has 0 bridgehead atoms. The summed E-state index contributed by atoms with van der Waals surface area (Å²) in [6.07, 6.45) is 1.83. The number of carbonyl (C=O) groups excluding carboxylic acids is 1. The summed E-state index contributed by atoms with van der Waals surface area (Å²) >= 11 is 0. The summed E-state index contributed by atoms with van der Waals surface area (Å²) < 4.78 is 6.24. The van der Waals surface area contributed by atoms with Gasteiger partial charge in [0.15, 0.2) is 0 Å². The lowest BCUT2D eigenvalue weighted by Gasteiger charge is -2.19. The third kappa shape index (κ3) is 3.45. The molecule has 0 N–H and O–H groups in total. The Bertz CT molecular complexity index is 796. The summed E-state index contributed by atoms with van der Waals surface area (Å²) in [6.45, 7) is 4.73. The van der Waals surface area contributed by atoms with Crippen molar-refractivity contribution < 1.29 is 9.42 Å². The molecule has 0 unspecified atom stereocenters. The molecule has 3 rings (SSSR count). The first-order valence-corrected chi connectivity index (χ1v) is 7.55. The topological polar surface area (TPSA) is 103 Å². The largest absolute Gasteiger partial charge is 0.337 e. The SMILES string of the molecule is CCN(Cc1nonc1C)C(=O)Cc1ccc(-n2cnnn2)cc1. The first-order valence-electron chi connectivity index (χ1n) is 7.55. The second-order valence-corrected chi connectivity index (χ2v) is 5.30. The first kappa shape index (κ1) is 15.8. The zero-order chi connectivity index (χ0) is 16.9. The number of hydrogen-bond donors (Lipinski definition) is 0. The van der Waals surface area contributed by atoms with Crippen LogP contribution in [-0.2, 0) is 17.8 Å². The number of nitrogens with zero attached hydrogens (tertiary/aromatic N) is 7. The van der Waals surface area contributed by atoms with Crippen LogP contribution in [0.1, 0.15) is 23.9 Å². The number of rotatable bonds is 6. The van der Waals surface area contributed by atoms with Crippen LogP contribution in [0, 0.1) is 6.92 Å². The highest BCUT2D eigenvalue weighted by atomic mass is 16.6. The van der Waals surface area contributed by atoms with Crippen molar-refractivity contribution in [3.05, 3.63) is 47.5 Å². The smallest absolute Gasteiger partial charge is 0.227 e. The van der Waals surface area contributed by atoms with Gasteiger partial charge in [0.1, 0.15) is 17.7 Å². The van der Waals surface area contributed by atoms with E-state index in [0.717, 1.165) is 11.3 Å². The van der Waals surface area contributed by atoms with Crippen LogP contribution in [0.4, 0.5) is 0 Å². The minimum atomic E-state index is 0.0232. The Labute approximate surface area is 138 Å². The standard InChI is InChI=1S/C15H17N7O2/c1-3-21(9-14-11(2)17-24-18-14)15(23)8-12-4-6-13(7-5-12)22-10-16-19-20-22/h4-7,10H,3,8-9H2,1-2H3. The van der Waals surface area contributed by atoms with Crippen molar-refractivity contribution in [3.63, 3.8) is 0 Å². The Balaban J connectivity index is 1.65. The number of aromatic nitrogens is 6. The summed E-state index contributed by atoms with van der Waals surface area (Å²) in [5, 5.41) is 18.6. The predicted molar refractivity (Wildman–Crippen MR) is 83.0 cm³/mol. The normalized spacial score (nSPS) is 10.8. The molecular weight excluding hydrogens is 310 g/mol. The van der Waals surface area contributed by atoms with Crippen LogP contribution in [0.25, 0.3) is 5.69 Å². The maximum absolute atomic E-state index is 12.5. The van der Waals surface area contributed by atoms with E-state index >= 15 is 0 Å². The molecule has 24 heavy (non-hydrogen) atoms. The molecule has 0 aliphatic rings. The van der Waals surface area contributed by atoms with E-state index in [1.54, 1.807) is 9.58 Å². The zero-order valence-electron chi connectivity index (χ0n) is 13.5. The van der Waals surface area contributed by atoms with Crippen molar-refractivity contribution >= 4 is 5.91 Å². The van der Waals surface area contributed by atoms with E-state index < -0.39 is 0 Å². The van der Waals surface area contributed by atoms with Gasteiger partial charge in [-0.25, -0.2) is 9.31 Å². The molecule has 3 aromatic rings. The molecule has 9 nitrogen and oxygen atoms in total. The fraction of sp³-hybridized carbons (Fsp3) is 0.333. The van der Waals surface area contributed by atoms with Gasteiger partial charge in [0.2, 0.25) is 5.91 Å². The van der Waals surface area contributed by atoms with Crippen LogP contribution in [0.2, 0.25) is 0 Å². The quantitative estimate of drug-likeness (QED) is 0.664. The van der Waals surface area contributed by atoms with Crippen LogP contribution in [0.15, 0.2) is 35.2 Å². The fourth-order valence-electron chi connectivity index (χ4n) is 2.28. The molecule has 0 atom stereocenters. The van der Waals surface area contributed by atoms with Gasteiger partial charge in [0.25, 0.3) is 0 Å². The van der Waals surface area contributed by atoms with Crippen LogP contribution in [0.5, 0.6) is 0 Å². The lowest BCUT2D eigenvalue weighted by atomic mass is 10.1. The van der Waals surface area contributed by atoms with Gasteiger partial charge >= 0.3 is 0 Å². The molecule has 0 radical (unpaired) electrons. The average Bonchev–Trinajstić information content (AvgIpc) is 3.25. The Morgan fingerprint density at radius 2 is 2.04 bits per heavy atom. The van der Waals surface area contributed by atoms with Gasteiger partial charge in [-0.15, -0.1) is 5.10 Å². The van der Waals surface area contributed by atoms with E-state index in [-0.39, 0.29) is 5.91 Å². The van der Waals surface area contributed by atoms with E-state index in [1.807, 2.05) is 38.1 Å². The van der Waals surface area contributed by atoms with Gasteiger partial charge in [-0.1, -0.05) is 22.4 Å². The second kappa shape index (κ2) is 6.99. The van der Waals surface area contributed by atoms with Crippen molar-refractivity contribution in [3.8, 4) is 5.69 Å². The molecule has 9 heteroatoms. The van der Waals surface area contributed by atoms with Gasteiger partial charge in [-0.3, -0.25) is 4.79 Å². The third-order valence-electron chi connectivity index (χ3n) is 3.73. The summed E-state index contributed by atoms with van der Waals surface area (Å²) in [5.74, 6) is 0.0232. The summed E-state index contributed by atoms with van der Waals surface area (Å²) in [6, 6.07) is 7.54. The van der Waals surface area contributed by atoms with E-state index in [1.165, 1.54) is 6.33 Å². The van der Waals surface area contributed by atoms with E-state index in [9.17, 15) is 4.79 Å². The molecule has 2 heterocycles. The predicted octanol–water partition coefficient (Wildman–Crippen LogP) is 0.945. The molecule has 1 amide bonds.